The molecule has 0 fully saturated rings. The van der Waals surface area contributed by atoms with Crippen LogP contribution in [-0.2, 0) is 11.3 Å². The monoisotopic (exact) mass is 356 g/mol. The lowest BCUT2D eigenvalue weighted by molar-refractivity contribution is -0.119. The number of carbonyl (C=O) groups excluding carboxylic acids is 1. The second kappa shape index (κ2) is 9.13. The van der Waals surface area contributed by atoms with Crippen LogP contribution in [0.2, 0.25) is 0 Å². The minimum atomic E-state index is -0.0576. The third-order valence-corrected chi connectivity index (χ3v) is 4.29. The third kappa shape index (κ3) is 4.91. The van der Waals surface area contributed by atoms with Crippen molar-refractivity contribution >= 4 is 11.6 Å². The molecule has 0 heterocycles. The summed E-state index contributed by atoms with van der Waals surface area (Å²) in [4.78, 5) is 12.2. The number of hydrogen-bond acceptors (Lipinski definition) is 4. The number of nitrogens with one attached hydrogen (secondary N) is 2. The first-order valence-electron chi connectivity index (χ1n) is 8.77. The summed E-state index contributed by atoms with van der Waals surface area (Å²) in [6.45, 7) is 7.02. The van der Waals surface area contributed by atoms with Crippen molar-refractivity contribution in [2.24, 2.45) is 0 Å². The van der Waals surface area contributed by atoms with Crippen LogP contribution in [0.3, 0.4) is 0 Å². The first-order chi connectivity index (χ1) is 12.5. The van der Waals surface area contributed by atoms with Crippen molar-refractivity contribution < 1.29 is 14.3 Å². The molecule has 2 N–H and O–H groups in total. The summed E-state index contributed by atoms with van der Waals surface area (Å²) in [6.07, 6.45) is 0. The molecule has 0 atom stereocenters. The number of amides is 1. The van der Waals surface area contributed by atoms with Crippen LogP contribution in [0.15, 0.2) is 36.4 Å². The van der Waals surface area contributed by atoms with Crippen molar-refractivity contribution in [2.45, 2.75) is 33.2 Å². The number of hydrogen-bond donors (Lipinski definition) is 2. The topological polar surface area (TPSA) is 59.6 Å². The van der Waals surface area contributed by atoms with Gasteiger partial charge >= 0.3 is 0 Å². The molecule has 0 saturated carbocycles. The molecule has 5 nitrogen and oxygen atoms in total. The predicted octanol–water partition coefficient (Wildman–Crippen LogP) is 3.86. The Labute approximate surface area is 155 Å². The summed E-state index contributed by atoms with van der Waals surface area (Å²) in [7, 11) is 3.20. The molecule has 5 heteroatoms. The molecule has 0 radical (unpaired) electrons. The normalized spacial score (nSPS) is 10.5. The summed E-state index contributed by atoms with van der Waals surface area (Å²) < 4.78 is 10.5. The Morgan fingerprint density at radius 3 is 2.46 bits per heavy atom. The Morgan fingerprint density at radius 2 is 1.81 bits per heavy atom. The molecule has 0 aliphatic heterocycles. The van der Waals surface area contributed by atoms with Crippen molar-refractivity contribution in [3.63, 3.8) is 0 Å². The van der Waals surface area contributed by atoms with E-state index in [1.807, 2.05) is 24.3 Å². The number of aryl methyl sites for hydroxylation is 1. The standard InChI is InChI=1S/C21H28N2O3/c1-14(2)17-8-6-7-15(3)21(17)23-13-20(24)22-12-16-9-10-18(25-4)19(11-16)26-5/h6-11,14,23H,12-13H2,1-5H3,(H,22,24). The van der Waals surface area contributed by atoms with Crippen molar-refractivity contribution in [3.05, 3.63) is 53.1 Å². The summed E-state index contributed by atoms with van der Waals surface area (Å²) in [5.74, 6) is 1.66. The van der Waals surface area contributed by atoms with E-state index < -0.39 is 0 Å². The van der Waals surface area contributed by atoms with E-state index in [9.17, 15) is 4.79 Å². The fourth-order valence-electron chi connectivity index (χ4n) is 2.84. The van der Waals surface area contributed by atoms with E-state index >= 15 is 0 Å². The minimum absolute atomic E-state index is 0.0576. The molecule has 0 aliphatic rings. The maximum absolute atomic E-state index is 12.2. The maximum atomic E-state index is 12.2. The molecular weight excluding hydrogens is 328 g/mol. The number of carbonyl (C=O) groups is 1. The van der Waals surface area contributed by atoms with Gasteiger partial charge in [-0.1, -0.05) is 38.1 Å². The van der Waals surface area contributed by atoms with Crippen LogP contribution in [0.25, 0.3) is 0 Å². The van der Waals surface area contributed by atoms with Crippen LogP contribution in [0.5, 0.6) is 11.5 Å². The van der Waals surface area contributed by atoms with E-state index in [-0.39, 0.29) is 12.5 Å². The molecule has 1 amide bonds. The number of rotatable bonds is 8. The van der Waals surface area contributed by atoms with Crippen LogP contribution in [-0.4, -0.2) is 26.7 Å². The molecule has 2 aromatic rings. The molecule has 2 rings (SSSR count). The van der Waals surface area contributed by atoms with Gasteiger partial charge in [-0.25, -0.2) is 0 Å². The van der Waals surface area contributed by atoms with Crippen LogP contribution in [0.4, 0.5) is 5.69 Å². The van der Waals surface area contributed by atoms with E-state index in [1.54, 1.807) is 14.2 Å². The lowest BCUT2D eigenvalue weighted by atomic mass is 9.98. The van der Waals surface area contributed by atoms with Crippen LogP contribution in [0, 0.1) is 6.92 Å². The van der Waals surface area contributed by atoms with E-state index in [1.165, 1.54) is 5.56 Å². The fourth-order valence-corrected chi connectivity index (χ4v) is 2.84. The smallest absolute Gasteiger partial charge is 0.239 e. The van der Waals surface area contributed by atoms with E-state index in [0.29, 0.717) is 24.0 Å². The number of benzene rings is 2. The zero-order valence-corrected chi connectivity index (χ0v) is 16.2. The zero-order chi connectivity index (χ0) is 19.1. The van der Waals surface area contributed by atoms with E-state index in [0.717, 1.165) is 16.8 Å². The van der Waals surface area contributed by atoms with E-state index in [4.69, 9.17) is 9.47 Å². The summed E-state index contributed by atoms with van der Waals surface area (Å²) in [6, 6.07) is 11.8. The van der Waals surface area contributed by atoms with Gasteiger partial charge < -0.3 is 20.1 Å². The Morgan fingerprint density at radius 1 is 1.08 bits per heavy atom. The Hall–Kier alpha value is -2.69. The average molecular weight is 356 g/mol. The fraction of sp³-hybridized carbons (Fsp3) is 0.381. The molecular formula is C21H28N2O3. The van der Waals surface area contributed by atoms with Gasteiger partial charge in [0.2, 0.25) is 5.91 Å². The highest BCUT2D eigenvalue weighted by molar-refractivity contribution is 5.81. The molecule has 0 spiro atoms. The van der Waals surface area contributed by atoms with Gasteiger partial charge in [0, 0.05) is 12.2 Å². The lowest BCUT2D eigenvalue weighted by Crippen LogP contribution is -2.29. The quantitative estimate of drug-likeness (QED) is 0.754. The Bertz CT molecular complexity index is 757. The number of anilines is 1. The highest BCUT2D eigenvalue weighted by Crippen LogP contribution is 2.28. The second-order valence-electron chi connectivity index (χ2n) is 6.51. The van der Waals surface area contributed by atoms with Crippen molar-refractivity contribution in [1.29, 1.82) is 0 Å². The first kappa shape index (κ1) is 19.6. The Balaban J connectivity index is 1.94. The SMILES string of the molecule is COc1ccc(CNC(=O)CNc2c(C)cccc2C(C)C)cc1OC. The van der Waals surface area contributed by atoms with Gasteiger partial charge in [0.1, 0.15) is 0 Å². The summed E-state index contributed by atoms with van der Waals surface area (Å²) in [5, 5.41) is 6.21. The van der Waals surface area contributed by atoms with Crippen molar-refractivity contribution in [2.75, 3.05) is 26.1 Å². The lowest BCUT2D eigenvalue weighted by Gasteiger charge is -2.17. The number of para-hydroxylation sites is 1. The average Bonchev–Trinajstić information content (AvgIpc) is 2.64. The first-order valence-corrected chi connectivity index (χ1v) is 8.77. The second-order valence-corrected chi connectivity index (χ2v) is 6.51. The van der Waals surface area contributed by atoms with Crippen LogP contribution < -0.4 is 20.1 Å². The predicted molar refractivity (Wildman–Crippen MR) is 105 cm³/mol. The minimum Gasteiger partial charge on any atom is -0.493 e. The van der Waals surface area contributed by atoms with Gasteiger partial charge in [-0.15, -0.1) is 0 Å². The molecule has 0 saturated heterocycles. The van der Waals surface area contributed by atoms with Crippen LogP contribution in [0.1, 0.15) is 36.5 Å². The van der Waals surface area contributed by atoms with Gasteiger partial charge in [-0.3, -0.25) is 4.79 Å². The highest BCUT2D eigenvalue weighted by atomic mass is 16.5. The molecule has 0 unspecified atom stereocenters. The highest BCUT2D eigenvalue weighted by Gasteiger charge is 2.11. The molecule has 0 aromatic heterocycles. The summed E-state index contributed by atoms with van der Waals surface area (Å²) >= 11 is 0. The van der Waals surface area contributed by atoms with E-state index in [2.05, 4.69) is 43.5 Å². The van der Waals surface area contributed by atoms with Gasteiger partial charge in [0.25, 0.3) is 0 Å². The number of methoxy groups -OCH3 is 2. The molecule has 0 aliphatic carbocycles. The maximum Gasteiger partial charge on any atom is 0.239 e. The molecule has 140 valence electrons. The Kier molecular flexibility index (Phi) is 6.89. The van der Waals surface area contributed by atoms with Gasteiger partial charge in [-0.05, 0) is 41.7 Å². The molecule has 0 bridgehead atoms. The molecule has 2 aromatic carbocycles. The largest absolute Gasteiger partial charge is 0.493 e. The van der Waals surface area contributed by atoms with Gasteiger partial charge in [0.15, 0.2) is 11.5 Å². The third-order valence-electron chi connectivity index (χ3n) is 4.29. The van der Waals surface area contributed by atoms with Crippen molar-refractivity contribution in [1.82, 2.24) is 5.32 Å². The molecule has 26 heavy (non-hydrogen) atoms. The van der Waals surface area contributed by atoms with Gasteiger partial charge in [-0.2, -0.15) is 0 Å². The summed E-state index contributed by atoms with van der Waals surface area (Å²) in [5.41, 5.74) is 4.36. The van der Waals surface area contributed by atoms with Crippen LogP contribution >= 0.6 is 0 Å². The van der Waals surface area contributed by atoms with Gasteiger partial charge in [0.05, 0.1) is 20.8 Å². The number of ether oxygens (including phenoxy) is 2. The zero-order valence-electron chi connectivity index (χ0n) is 16.2. The van der Waals surface area contributed by atoms with Crippen molar-refractivity contribution in [3.8, 4) is 11.5 Å².